The molecule has 82 valence electrons. The normalized spacial score (nSPS) is 12.1. The van der Waals surface area contributed by atoms with E-state index in [-0.39, 0.29) is 11.4 Å². The second-order valence-electron chi connectivity index (χ2n) is 3.16. The van der Waals surface area contributed by atoms with E-state index in [0.29, 0.717) is 13.0 Å². The Morgan fingerprint density at radius 1 is 1.67 bits per heavy atom. The van der Waals surface area contributed by atoms with Crippen molar-refractivity contribution in [1.29, 1.82) is 0 Å². The second-order valence-corrected chi connectivity index (χ2v) is 3.16. The summed E-state index contributed by atoms with van der Waals surface area (Å²) in [4.78, 5) is 10.8. The molecule has 15 heavy (non-hydrogen) atoms. The van der Waals surface area contributed by atoms with E-state index < -0.39 is 12.1 Å². The highest BCUT2D eigenvalue weighted by atomic mass is 16.4. The van der Waals surface area contributed by atoms with Crippen LogP contribution in [0.15, 0.2) is 12.3 Å². The molecule has 1 atom stereocenters. The maximum atomic E-state index is 10.8. The molecule has 0 aromatic carbocycles. The van der Waals surface area contributed by atoms with Crippen molar-refractivity contribution in [3.63, 3.8) is 0 Å². The monoisotopic (exact) mass is 211 g/mol. The number of nitrogens with one attached hydrogen (secondary N) is 1. The van der Waals surface area contributed by atoms with E-state index >= 15 is 0 Å². The van der Waals surface area contributed by atoms with Gasteiger partial charge >= 0.3 is 5.97 Å². The minimum Gasteiger partial charge on any atom is -0.478 e. The van der Waals surface area contributed by atoms with E-state index in [9.17, 15) is 4.79 Å². The van der Waals surface area contributed by atoms with Crippen LogP contribution in [0.1, 0.15) is 23.7 Å². The number of aromatic nitrogens is 2. The number of nitrogens with zero attached hydrogens (tertiary/aromatic N) is 2. The van der Waals surface area contributed by atoms with Gasteiger partial charge in [0, 0.05) is 6.54 Å². The highest BCUT2D eigenvalue weighted by molar-refractivity contribution is 5.92. The van der Waals surface area contributed by atoms with E-state index in [2.05, 4.69) is 15.5 Å². The number of carboxylic acid groups (broad SMARTS) is 1. The summed E-state index contributed by atoms with van der Waals surface area (Å²) in [5, 5.41) is 27.9. The molecular formula is C9H13N3O3. The van der Waals surface area contributed by atoms with Crippen molar-refractivity contribution in [2.24, 2.45) is 0 Å². The molecule has 0 fully saturated rings. The first-order chi connectivity index (χ1) is 7.11. The summed E-state index contributed by atoms with van der Waals surface area (Å²) in [7, 11) is 0. The molecule has 0 aliphatic rings. The Hall–Kier alpha value is -1.69. The summed E-state index contributed by atoms with van der Waals surface area (Å²) in [6.45, 7) is 2.12. The first-order valence-corrected chi connectivity index (χ1v) is 4.58. The third-order valence-corrected chi connectivity index (χ3v) is 1.81. The van der Waals surface area contributed by atoms with E-state index in [4.69, 9.17) is 10.2 Å². The smallest absolute Gasteiger partial charge is 0.339 e. The highest BCUT2D eigenvalue weighted by Gasteiger charge is 2.10. The Morgan fingerprint density at radius 2 is 2.40 bits per heavy atom. The fourth-order valence-electron chi connectivity index (χ4n) is 1.03. The van der Waals surface area contributed by atoms with Gasteiger partial charge in [0.25, 0.3) is 0 Å². The molecule has 0 spiro atoms. The molecule has 0 amide bonds. The average molecular weight is 211 g/mol. The molecule has 0 radical (unpaired) electrons. The van der Waals surface area contributed by atoms with Crippen LogP contribution in [0.25, 0.3) is 0 Å². The van der Waals surface area contributed by atoms with Crippen LogP contribution in [0, 0.1) is 0 Å². The molecule has 1 aromatic rings. The molecule has 3 N–H and O–H groups in total. The van der Waals surface area contributed by atoms with Crippen molar-refractivity contribution in [3.8, 4) is 0 Å². The zero-order valence-corrected chi connectivity index (χ0v) is 8.34. The summed E-state index contributed by atoms with van der Waals surface area (Å²) in [5.74, 6) is -0.824. The number of aromatic carboxylic acids is 1. The van der Waals surface area contributed by atoms with Crippen LogP contribution < -0.4 is 5.32 Å². The molecule has 1 rings (SSSR count). The lowest BCUT2D eigenvalue weighted by Gasteiger charge is -2.08. The van der Waals surface area contributed by atoms with Crippen LogP contribution in [0.3, 0.4) is 0 Å². The Labute approximate surface area is 87.0 Å². The molecule has 6 nitrogen and oxygen atoms in total. The summed E-state index contributed by atoms with van der Waals surface area (Å²) in [6.07, 6.45) is 1.42. The molecule has 6 heteroatoms. The fraction of sp³-hybridized carbons (Fsp3) is 0.444. The van der Waals surface area contributed by atoms with E-state index in [1.807, 2.05) is 0 Å². The quantitative estimate of drug-likeness (QED) is 0.650. The standard InChI is InChI=1S/C9H13N3O3/c1-6(13)2-4-10-8-7(9(14)15)3-5-11-12-8/h3,5-6,13H,2,4H2,1H3,(H,10,12)(H,14,15). The number of anilines is 1. The molecular weight excluding hydrogens is 198 g/mol. The van der Waals surface area contributed by atoms with Gasteiger partial charge in [-0.05, 0) is 19.4 Å². The lowest BCUT2D eigenvalue weighted by atomic mass is 10.2. The molecule has 1 heterocycles. The SMILES string of the molecule is CC(O)CCNc1nnccc1C(=O)O. The molecule has 0 aliphatic carbocycles. The third kappa shape index (κ3) is 3.51. The van der Waals surface area contributed by atoms with Gasteiger partial charge in [0.2, 0.25) is 0 Å². The van der Waals surface area contributed by atoms with Crippen molar-refractivity contribution in [1.82, 2.24) is 10.2 Å². The summed E-state index contributed by atoms with van der Waals surface area (Å²) < 4.78 is 0. The van der Waals surface area contributed by atoms with Crippen molar-refractivity contribution < 1.29 is 15.0 Å². The van der Waals surface area contributed by atoms with Crippen molar-refractivity contribution in [2.75, 3.05) is 11.9 Å². The second kappa shape index (κ2) is 5.26. The summed E-state index contributed by atoms with van der Waals surface area (Å²) >= 11 is 0. The predicted molar refractivity (Wildman–Crippen MR) is 53.8 cm³/mol. The van der Waals surface area contributed by atoms with Crippen molar-refractivity contribution in [2.45, 2.75) is 19.4 Å². The Kier molecular flexibility index (Phi) is 3.99. The summed E-state index contributed by atoms with van der Waals surface area (Å²) in [5.41, 5.74) is 0.0793. The van der Waals surface area contributed by atoms with Crippen LogP contribution in [0.2, 0.25) is 0 Å². The van der Waals surface area contributed by atoms with E-state index in [1.165, 1.54) is 12.3 Å². The van der Waals surface area contributed by atoms with Gasteiger partial charge in [0.15, 0.2) is 5.82 Å². The topological polar surface area (TPSA) is 95.3 Å². The van der Waals surface area contributed by atoms with Crippen molar-refractivity contribution >= 4 is 11.8 Å². The average Bonchev–Trinajstić information content (AvgIpc) is 2.17. The Morgan fingerprint density at radius 3 is 3.00 bits per heavy atom. The zero-order chi connectivity index (χ0) is 11.3. The fourth-order valence-corrected chi connectivity index (χ4v) is 1.03. The maximum absolute atomic E-state index is 10.8. The Bertz CT molecular complexity index is 341. The number of hydrogen-bond donors (Lipinski definition) is 3. The molecule has 0 aliphatic heterocycles. The first kappa shape index (κ1) is 11.4. The summed E-state index contributed by atoms with van der Waals surface area (Å²) in [6, 6.07) is 1.38. The molecule has 1 aromatic heterocycles. The molecule has 0 bridgehead atoms. The Balaban J connectivity index is 2.63. The number of aliphatic hydroxyl groups excluding tert-OH is 1. The van der Waals surface area contributed by atoms with Crippen LogP contribution >= 0.6 is 0 Å². The van der Waals surface area contributed by atoms with Crippen LogP contribution in [0.4, 0.5) is 5.82 Å². The molecule has 0 saturated heterocycles. The van der Waals surface area contributed by atoms with Gasteiger partial charge in [-0.2, -0.15) is 5.10 Å². The maximum Gasteiger partial charge on any atom is 0.339 e. The lowest BCUT2D eigenvalue weighted by Crippen LogP contribution is -2.13. The number of aliphatic hydroxyl groups is 1. The van der Waals surface area contributed by atoms with Gasteiger partial charge in [0.1, 0.15) is 5.56 Å². The van der Waals surface area contributed by atoms with Gasteiger partial charge in [-0.3, -0.25) is 0 Å². The highest BCUT2D eigenvalue weighted by Crippen LogP contribution is 2.09. The lowest BCUT2D eigenvalue weighted by molar-refractivity contribution is 0.0697. The minimum atomic E-state index is -1.05. The van der Waals surface area contributed by atoms with Crippen LogP contribution in [0.5, 0.6) is 0 Å². The van der Waals surface area contributed by atoms with Crippen LogP contribution in [-0.2, 0) is 0 Å². The van der Waals surface area contributed by atoms with Gasteiger partial charge in [0.05, 0.1) is 12.3 Å². The number of carbonyl (C=O) groups is 1. The first-order valence-electron chi connectivity index (χ1n) is 4.58. The van der Waals surface area contributed by atoms with Crippen LogP contribution in [-0.4, -0.2) is 39.0 Å². The number of carboxylic acids is 1. The van der Waals surface area contributed by atoms with E-state index in [0.717, 1.165) is 0 Å². The molecule has 0 saturated carbocycles. The largest absolute Gasteiger partial charge is 0.478 e. The van der Waals surface area contributed by atoms with Crippen molar-refractivity contribution in [3.05, 3.63) is 17.8 Å². The van der Waals surface area contributed by atoms with Gasteiger partial charge in [-0.1, -0.05) is 0 Å². The van der Waals surface area contributed by atoms with Gasteiger partial charge < -0.3 is 15.5 Å². The third-order valence-electron chi connectivity index (χ3n) is 1.81. The predicted octanol–water partition coefficient (Wildman–Crippen LogP) is 0.358. The van der Waals surface area contributed by atoms with Gasteiger partial charge in [-0.25, -0.2) is 4.79 Å². The number of rotatable bonds is 5. The minimum absolute atomic E-state index is 0.0793. The molecule has 1 unspecified atom stereocenters. The van der Waals surface area contributed by atoms with E-state index in [1.54, 1.807) is 6.92 Å². The number of hydrogen-bond acceptors (Lipinski definition) is 5. The zero-order valence-electron chi connectivity index (χ0n) is 8.34. The van der Waals surface area contributed by atoms with Gasteiger partial charge in [-0.15, -0.1) is 5.10 Å².